The Labute approximate surface area is 111 Å². The van der Waals surface area contributed by atoms with Crippen molar-refractivity contribution < 1.29 is 9.18 Å². The number of hydrogen-bond donors (Lipinski definition) is 0. The van der Waals surface area contributed by atoms with Crippen LogP contribution in [0.25, 0.3) is 0 Å². The summed E-state index contributed by atoms with van der Waals surface area (Å²) in [5.41, 5.74) is 0.912. The zero-order valence-corrected chi connectivity index (χ0v) is 10.9. The Morgan fingerprint density at radius 3 is 2.24 bits per heavy atom. The molecule has 2 rings (SSSR count). The minimum Gasteiger partial charge on any atom is -0.289 e. The Morgan fingerprint density at radius 2 is 1.65 bits per heavy atom. The number of benzene rings is 2. The maximum absolute atomic E-state index is 13.0. The number of hydrogen-bond acceptors (Lipinski definition) is 1. The fraction of sp³-hybridized carbons (Fsp3) is 0. The van der Waals surface area contributed by atoms with Crippen molar-refractivity contribution in [2.24, 2.45) is 0 Å². The molecule has 0 unspecified atom stereocenters. The molecule has 0 bridgehead atoms. The van der Waals surface area contributed by atoms with E-state index >= 15 is 0 Å². The van der Waals surface area contributed by atoms with Gasteiger partial charge in [-0.05, 0) is 42.5 Å². The molecule has 0 saturated heterocycles. The fourth-order valence-electron chi connectivity index (χ4n) is 1.41. The summed E-state index contributed by atoms with van der Waals surface area (Å²) in [6, 6.07) is 10.9. The molecule has 0 atom stereocenters. The van der Waals surface area contributed by atoms with Gasteiger partial charge in [0.1, 0.15) is 5.82 Å². The summed E-state index contributed by atoms with van der Waals surface area (Å²) < 4.78 is 13.9. The van der Waals surface area contributed by atoms with Crippen LogP contribution in [-0.4, -0.2) is 5.78 Å². The molecule has 0 aliphatic carbocycles. The van der Waals surface area contributed by atoms with E-state index in [1.165, 1.54) is 18.2 Å². The Hall–Kier alpha value is -1.19. The molecule has 2 aromatic rings. The van der Waals surface area contributed by atoms with Crippen LogP contribution in [-0.2, 0) is 0 Å². The highest BCUT2D eigenvalue weighted by atomic mass is 79.9. The van der Waals surface area contributed by atoms with E-state index in [9.17, 15) is 9.18 Å². The van der Waals surface area contributed by atoms with Gasteiger partial charge in [-0.25, -0.2) is 4.39 Å². The predicted molar refractivity (Wildman–Crippen MR) is 69.0 cm³/mol. The first-order chi connectivity index (χ1) is 8.08. The summed E-state index contributed by atoms with van der Waals surface area (Å²) in [5, 5.41) is -0.0482. The molecule has 0 spiro atoms. The summed E-state index contributed by atoms with van der Waals surface area (Å²) in [4.78, 5) is 12.0. The molecule has 0 N–H and O–H groups in total. The standard InChI is InChI=1S/C13H7BrClFO/c14-10-4-1-8(2-5-10)13(17)9-3-6-12(16)11(15)7-9/h1-7H. The molecule has 0 aliphatic rings. The summed E-state index contributed by atoms with van der Waals surface area (Å²) in [5.74, 6) is -0.710. The van der Waals surface area contributed by atoms with Crippen LogP contribution in [0.1, 0.15) is 15.9 Å². The second-order valence-corrected chi connectivity index (χ2v) is 4.79. The van der Waals surface area contributed by atoms with Gasteiger partial charge in [0.2, 0.25) is 0 Å². The van der Waals surface area contributed by atoms with E-state index in [1.54, 1.807) is 24.3 Å². The van der Waals surface area contributed by atoms with Crippen molar-refractivity contribution in [3.8, 4) is 0 Å². The largest absolute Gasteiger partial charge is 0.289 e. The SMILES string of the molecule is O=C(c1ccc(Br)cc1)c1ccc(F)c(Cl)c1. The molecule has 0 amide bonds. The summed E-state index contributed by atoms with van der Waals surface area (Å²) in [6.45, 7) is 0. The Balaban J connectivity index is 2.37. The van der Waals surface area contributed by atoms with E-state index in [1.807, 2.05) is 0 Å². The van der Waals surface area contributed by atoms with Crippen molar-refractivity contribution >= 4 is 33.3 Å². The van der Waals surface area contributed by atoms with E-state index in [2.05, 4.69) is 15.9 Å². The zero-order chi connectivity index (χ0) is 12.4. The minimum absolute atomic E-state index is 0.0482. The lowest BCUT2D eigenvalue weighted by Gasteiger charge is -2.02. The number of carbonyl (C=O) groups is 1. The molecular formula is C13H7BrClFO. The molecule has 4 heteroatoms. The van der Waals surface area contributed by atoms with Crippen LogP contribution in [0.3, 0.4) is 0 Å². The molecule has 17 heavy (non-hydrogen) atoms. The fourth-order valence-corrected chi connectivity index (χ4v) is 1.85. The van der Waals surface area contributed by atoms with Crippen molar-refractivity contribution in [1.82, 2.24) is 0 Å². The van der Waals surface area contributed by atoms with Gasteiger partial charge in [0.25, 0.3) is 0 Å². The van der Waals surface area contributed by atoms with Crippen molar-refractivity contribution in [2.45, 2.75) is 0 Å². The molecule has 2 aromatic carbocycles. The Bertz CT molecular complexity index is 566. The van der Waals surface area contributed by atoms with Crippen LogP contribution in [0.4, 0.5) is 4.39 Å². The highest BCUT2D eigenvalue weighted by molar-refractivity contribution is 9.10. The molecule has 0 aromatic heterocycles. The predicted octanol–water partition coefficient (Wildman–Crippen LogP) is 4.47. The Kier molecular flexibility index (Phi) is 3.60. The maximum Gasteiger partial charge on any atom is 0.193 e. The van der Waals surface area contributed by atoms with Gasteiger partial charge in [0.05, 0.1) is 5.02 Å². The van der Waals surface area contributed by atoms with E-state index in [0.29, 0.717) is 11.1 Å². The van der Waals surface area contributed by atoms with Crippen molar-refractivity contribution in [3.05, 3.63) is 68.9 Å². The molecule has 0 radical (unpaired) electrons. The van der Waals surface area contributed by atoms with E-state index in [-0.39, 0.29) is 10.8 Å². The van der Waals surface area contributed by atoms with Crippen LogP contribution in [0, 0.1) is 5.82 Å². The van der Waals surface area contributed by atoms with Gasteiger partial charge in [0.15, 0.2) is 5.78 Å². The van der Waals surface area contributed by atoms with Gasteiger partial charge in [-0.2, -0.15) is 0 Å². The van der Waals surface area contributed by atoms with Crippen LogP contribution >= 0.6 is 27.5 Å². The molecule has 0 fully saturated rings. The van der Waals surface area contributed by atoms with Crippen molar-refractivity contribution in [3.63, 3.8) is 0 Å². The van der Waals surface area contributed by atoms with Gasteiger partial charge in [-0.15, -0.1) is 0 Å². The first kappa shape index (κ1) is 12.3. The molecule has 0 saturated carbocycles. The third-order valence-corrected chi connectivity index (χ3v) is 3.11. The van der Waals surface area contributed by atoms with Crippen LogP contribution in [0.15, 0.2) is 46.9 Å². The minimum atomic E-state index is -0.529. The number of carbonyl (C=O) groups excluding carboxylic acids is 1. The lowest BCUT2D eigenvalue weighted by Crippen LogP contribution is -2.01. The highest BCUT2D eigenvalue weighted by Crippen LogP contribution is 2.19. The van der Waals surface area contributed by atoms with Crippen LogP contribution in [0.5, 0.6) is 0 Å². The number of halogens is 3. The van der Waals surface area contributed by atoms with Gasteiger partial charge >= 0.3 is 0 Å². The van der Waals surface area contributed by atoms with E-state index in [4.69, 9.17) is 11.6 Å². The summed E-state index contributed by atoms with van der Waals surface area (Å²) >= 11 is 8.93. The first-order valence-corrected chi connectivity index (χ1v) is 6.00. The van der Waals surface area contributed by atoms with Crippen LogP contribution in [0.2, 0.25) is 5.02 Å². The normalized spacial score (nSPS) is 10.3. The molecular weight excluding hydrogens is 306 g/mol. The maximum atomic E-state index is 13.0. The quantitative estimate of drug-likeness (QED) is 0.748. The van der Waals surface area contributed by atoms with E-state index in [0.717, 1.165) is 4.47 Å². The van der Waals surface area contributed by atoms with Gasteiger partial charge in [-0.1, -0.05) is 27.5 Å². The van der Waals surface area contributed by atoms with Gasteiger partial charge in [0, 0.05) is 15.6 Å². The molecule has 1 nitrogen and oxygen atoms in total. The third kappa shape index (κ3) is 2.73. The third-order valence-electron chi connectivity index (χ3n) is 2.29. The molecule has 0 aliphatic heterocycles. The summed E-state index contributed by atoms with van der Waals surface area (Å²) in [7, 11) is 0. The highest BCUT2D eigenvalue weighted by Gasteiger charge is 2.10. The molecule has 86 valence electrons. The van der Waals surface area contributed by atoms with Crippen molar-refractivity contribution in [2.75, 3.05) is 0 Å². The summed E-state index contributed by atoms with van der Waals surface area (Å²) in [6.07, 6.45) is 0. The number of ketones is 1. The number of rotatable bonds is 2. The van der Waals surface area contributed by atoms with Crippen molar-refractivity contribution in [1.29, 1.82) is 0 Å². The topological polar surface area (TPSA) is 17.1 Å². The smallest absolute Gasteiger partial charge is 0.193 e. The monoisotopic (exact) mass is 312 g/mol. The van der Waals surface area contributed by atoms with Gasteiger partial charge < -0.3 is 0 Å². The van der Waals surface area contributed by atoms with Crippen LogP contribution < -0.4 is 0 Å². The lowest BCUT2D eigenvalue weighted by molar-refractivity contribution is 0.103. The molecule has 0 heterocycles. The average molecular weight is 314 g/mol. The van der Waals surface area contributed by atoms with E-state index < -0.39 is 5.82 Å². The Morgan fingerprint density at radius 1 is 1.06 bits per heavy atom. The second kappa shape index (κ2) is 4.98. The second-order valence-electron chi connectivity index (χ2n) is 3.46. The lowest BCUT2D eigenvalue weighted by atomic mass is 10.0. The first-order valence-electron chi connectivity index (χ1n) is 4.83. The zero-order valence-electron chi connectivity index (χ0n) is 8.58. The van der Waals surface area contributed by atoms with Gasteiger partial charge in [-0.3, -0.25) is 4.79 Å². The average Bonchev–Trinajstić information content (AvgIpc) is 2.33.